The summed E-state index contributed by atoms with van der Waals surface area (Å²) in [4.78, 5) is 11.7. The van der Waals surface area contributed by atoms with E-state index in [2.05, 4.69) is 81.3 Å². The van der Waals surface area contributed by atoms with Crippen molar-refractivity contribution in [1.29, 1.82) is 0 Å². The Kier molecular flexibility index (Phi) is 4.37. The topological polar surface area (TPSA) is 51.8 Å². The van der Waals surface area contributed by atoms with Crippen LogP contribution < -0.4 is 5.73 Å². The van der Waals surface area contributed by atoms with Crippen LogP contribution in [0.4, 0.5) is 5.82 Å². The Labute approximate surface area is 144 Å². The molecule has 0 aromatic carbocycles. The zero-order chi connectivity index (χ0) is 16.0. The molecule has 0 spiro atoms. The Bertz CT molecular complexity index is 663. The molecule has 2 rings (SSSR count). The minimum atomic E-state index is -0.0492. The third-order valence-electron chi connectivity index (χ3n) is 3.15. The molecule has 21 heavy (non-hydrogen) atoms. The number of nitrogen functional groups attached to an aromatic ring is 1. The summed E-state index contributed by atoms with van der Waals surface area (Å²) in [5, 5.41) is 0. The van der Waals surface area contributed by atoms with Crippen LogP contribution in [0.15, 0.2) is 12.1 Å². The van der Waals surface area contributed by atoms with Gasteiger partial charge in [-0.3, -0.25) is 0 Å². The molecule has 0 fully saturated rings. The summed E-state index contributed by atoms with van der Waals surface area (Å²) in [7, 11) is 0. The number of hydrogen-bond acceptors (Lipinski definition) is 4. The fourth-order valence-corrected chi connectivity index (χ4v) is 3.98. The lowest BCUT2D eigenvalue weighted by Gasteiger charge is -2.20. The van der Waals surface area contributed by atoms with Gasteiger partial charge in [-0.25, -0.2) is 9.97 Å². The number of thiophene rings is 1. The molecule has 0 unspecified atom stereocenters. The SMILES string of the molecule is CC(C)(C)c1ccc(-c2nc(N)c(I)c(C(C)(C)C)n2)s1. The van der Waals surface area contributed by atoms with Crippen LogP contribution in [-0.2, 0) is 10.8 Å². The largest absolute Gasteiger partial charge is 0.383 e. The minimum absolute atomic E-state index is 0.0492. The van der Waals surface area contributed by atoms with E-state index in [4.69, 9.17) is 10.7 Å². The molecule has 2 aromatic rings. The maximum absolute atomic E-state index is 6.09. The smallest absolute Gasteiger partial charge is 0.171 e. The van der Waals surface area contributed by atoms with Crippen molar-refractivity contribution < 1.29 is 0 Å². The molecule has 114 valence electrons. The van der Waals surface area contributed by atoms with E-state index in [0.29, 0.717) is 5.82 Å². The molecule has 0 atom stereocenters. The molecular weight excluding hydrogens is 393 g/mol. The van der Waals surface area contributed by atoms with Crippen molar-refractivity contribution >= 4 is 39.7 Å². The number of nitrogens with zero attached hydrogens (tertiary/aromatic N) is 2. The maximum Gasteiger partial charge on any atom is 0.171 e. The predicted octanol–water partition coefficient (Wildman–Crippen LogP) is 4.99. The molecule has 0 aliphatic carbocycles. The van der Waals surface area contributed by atoms with Crippen LogP contribution in [0.25, 0.3) is 10.7 Å². The average Bonchev–Trinajstić information content (AvgIpc) is 2.80. The second kappa shape index (κ2) is 5.50. The highest BCUT2D eigenvalue weighted by Gasteiger charge is 2.24. The highest BCUT2D eigenvalue weighted by atomic mass is 127. The van der Waals surface area contributed by atoms with Crippen LogP contribution in [0.1, 0.15) is 52.1 Å². The van der Waals surface area contributed by atoms with Gasteiger partial charge in [0.1, 0.15) is 5.82 Å². The van der Waals surface area contributed by atoms with Crippen molar-refractivity contribution in [3.63, 3.8) is 0 Å². The number of anilines is 1. The highest BCUT2D eigenvalue weighted by Crippen LogP contribution is 2.36. The van der Waals surface area contributed by atoms with Crippen molar-refractivity contribution in [1.82, 2.24) is 9.97 Å². The van der Waals surface area contributed by atoms with Gasteiger partial charge in [-0.05, 0) is 40.1 Å². The second-order valence-corrected chi connectivity index (χ2v) is 9.42. The second-order valence-electron chi connectivity index (χ2n) is 7.26. The van der Waals surface area contributed by atoms with Gasteiger partial charge in [-0.15, -0.1) is 11.3 Å². The fourth-order valence-electron chi connectivity index (χ4n) is 1.93. The van der Waals surface area contributed by atoms with E-state index in [0.717, 1.165) is 20.0 Å². The van der Waals surface area contributed by atoms with Crippen LogP contribution in [0.5, 0.6) is 0 Å². The Balaban J connectivity index is 2.55. The zero-order valence-electron chi connectivity index (χ0n) is 13.4. The van der Waals surface area contributed by atoms with Crippen LogP contribution in [0.3, 0.4) is 0 Å². The first kappa shape index (κ1) is 16.7. The van der Waals surface area contributed by atoms with E-state index in [1.165, 1.54) is 4.88 Å². The van der Waals surface area contributed by atoms with Gasteiger partial charge in [0.05, 0.1) is 14.1 Å². The zero-order valence-corrected chi connectivity index (χ0v) is 16.4. The van der Waals surface area contributed by atoms with E-state index in [1.54, 1.807) is 11.3 Å². The molecule has 5 heteroatoms. The first-order valence-electron chi connectivity index (χ1n) is 6.94. The standard InChI is InChI=1S/C16H22IN3S/c1-15(2,3)10-8-7-9(21-10)14-19-12(16(4,5)6)11(17)13(18)20-14/h7-8H,1-6H3,(H2,18,19,20). The Morgan fingerprint density at radius 3 is 2.10 bits per heavy atom. The number of rotatable bonds is 1. The van der Waals surface area contributed by atoms with Crippen molar-refractivity contribution in [3.8, 4) is 10.7 Å². The monoisotopic (exact) mass is 415 g/mol. The van der Waals surface area contributed by atoms with Crippen LogP contribution in [0, 0.1) is 3.57 Å². The summed E-state index contributed by atoms with van der Waals surface area (Å²) in [6.07, 6.45) is 0. The maximum atomic E-state index is 6.09. The van der Waals surface area contributed by atoms with Gasteiger partial charge >= 0.3 is 0 Å². The molecule has 0 aliphatic heterocycles. The van der Waals surface area contributed by atoms with Crippen molar-refractivity contribution in [3.05, 3.63) is 26.3 Å². The quantitative estimate of drug-likeness (QED) is 0.668. The van der Waals surface area contributed by atoms with Crippen LogP contribution in [-0.4, -0.2) is 9.97 Å². The van der Waals surface area contributed by atoms with Gasteiger partial charge < -0.3 is 5.73 Å². The summed E-state index contributed by atoms with van der Waals surface area (Å²) in [5.41, 5.74) is 7.20. The third kappa shape index (κ3) is 3.56. The fraction of sp³-hybridized carbons (Fsp3) is 0.500. The van der Waals surface area contributed by atoms with E-state index in [-0.39, 0.29) is 10.8 Å². The first-order valence-corrected chi connectivity index (χ1v) is 8.84. The number of hydrogen-bond donors (Lipinski definition) is 1. The molecule has 3 nitrogen and oxygen atoms in total. The molecule has 2 N–H and O–H groups in total. The summed E-state index contributed by atoms with van der Waals surface area (Å²) >= 11 is 3.98. The Hall–Kier alpha value is -0.690. The van der Waals surface area contributed by atoms with Gasteiger partial charge in [0.25, 0.3) is 0 Å². The lowest BCUT2D eigenvalue weighted by atomic mass is 9.92. The number of nitrogens with two attached hydrogens (primary N) is 1. The van der Waals surface area contributed by atoms with Gasteiger partial charge in [0.2, 0.25) is 0 Å². The van der Waals surface area contributed by atoms with E-state index in [9.17, 15) is 0 Å². The predicted molar refractivity (Wildman–Crippen MR) is 99.9 cm³/mol. The lowest BCUT2D eigenvalue weighted by Crippen LogP contribution is -2.18. The number of aromatic nitrogens is 2. The molecule has 2 aromatic heterocycles. The molecule has 0 radical (unpaired) electrons. The summed E-state index contributed by atoms with van der Waals surface area (Å²) < 4.78 is 0.955. The summed E-state index contributed by atoms with van der Waals surface area (Å²) in [5.74, 6) is 1.30. The third-order valence-corrected chi connectivity index (χ3v) is 5.72. The van der Waals surface area contributed by atoms with Crippen molar-refractivity contribution in [2.45, 2.75) is 52.4 Å². The van der Waals surface area contributed by atoms with Crippen LogP contribution in [0.2, 0.25) is 0 Å². The Morgan fingerprint density at radius 2 is 1.62 bits per heavy atom. The molecule has 0 bridgehead atoms. The number of halogens is 1. The lowest BCUT2D eigenvalue weighted by molar-refractivity contribution is 0.564. The normalized spacial score (nSPS) is 12.7. The molecule has 0 aliphatic rings. The first-order chi connectivity index (χ1) is 9.50. The van der Waals surface area contributed by atoms with Crippen LogP contribution >= 0.6 is 33.9 Å². The summed E-state index contributed by atoms with van der Waals surface area (Å²) in [6.45, 7) is 13.1. The van der Waals surface area contributed by atoms with Crippen molar-refractivity contribution in [2.24, 2.45) is 0 Å². The summed E-state index contributed by atoms with van der Waals surface area (Å²) in [6, 6.07) is 4.26. The van der Waals surface area contributed by atoms with E-state index in [1.807, 2.05) is 0 Å². The minimum Gasteiger partial charge on any atom is -0.383 e. The van der Waals surface area contributed by atoms with Gasteiger partial charge in [0.15, 0.2) is 5.82 Å². The highest BCUT2D eigenvalue weighted by molar-refractivity contribution is 14.1. The average molecular weight is 415 g/mol. The van der Waals surface area contributed by atoms with Gasteiger partial charge in [-0.2, -0.15) is 0 Å². The molecular formula is C16H22IN3S. The van der Waals surface area contributed by atoms with Crippen molar-refractivity contribution in [2.75, 3.05) is 5.73 Å². The Morgan fingerprint density at radius 1 is 1.00 bits per heavy atom. The van der Waals surface area contributed by atoms with E-state index >= 15 is 0 Å². The molecule has 0 saturated heterocycles. The van der Waals surface area contributed by atoms with E-state index < -0.39 is 0 Å². The molecule has 0 amide bonds. The molecule has 2 heterocycles. The molecule has 0 saturated carbocycles. The van der Waals surface area contributed by atoms with Gasteiger partial charge in [0, 0.05) is 10.3 Å². The van der Waals surface area contributed by atoms with Gasteiger partial charge in [-0.1, -0.05) is 41.5 Å².